The molecular weight excluding hydrogens is 386 g/mol. The minimum absolute atomic E-state index is 0.0696. The van der Waals surface area contributed by atoms with Crippen LogP contribution in [-0.2, 0) is 12.4 Å². The van der Waals surface area contributed by atoms with Crippen molar-refractivity contribution in [1.82, 2.24) is 9.55 Å². The highest BCUT2D eigenvalue weighted by Gasteiger charge is 2.41. The molecule has 0 unspecified atom stereocenters. The topological polar surface area (TPSA) is 38.0 Å². The van der Waals surface area contributed by atoms with Crippen LogP contribution in [0.15, 0.2) is 42.5 Å². The van der Waals surface area contributed by atoms with E-state index in [-0.39, 0.29) is 35.0 Å². The van der Waals surface area contributed by atoms with E-state index < -0.39 is 29.7 Å². The molecule has 9 heteroatoms. The van der Waals surface area contributed by atoms with Crippen molar-refractivity contribution in [3.63, 3.8) is 0 Å². The van der Waals surface area contributed by atoms with Gasteiger partial charge in [0.1, 0.15) is 11.3 Å². The van der Waals surface area contributed by atoms with E-state index in [0.29, 0.717) is 11.9 Å². The fourth-order valence-electron chi connectivity index (χ4n) is 3.76. The maximum Gasteiger partial charge on any atom is 0.433 e. The number of aliphatic hydroxyl groups excluding tert-OH is 1. The molecule has 1 aliphatic carbocycles. The predicted octanol–water partition coefficient (Wildman–Crippen LogP) is 5.34. The zero-order valence-electron chi connectivity index (χ0n) is 14.2. The fourth-order valence-corrected chi connectivity index (χ4v) is 3.76. The number of halogens is 6. The Balaban J connectivity index is 2.12. The molecule has 4 rings (SSSR count). The summed E-state index contributed by atoms with van der Waals surface area (Å²) in [6.07, 6.45) is -6.24. The number of benzene rings is 1. The number of rotatable bonds is 2. The summed E-state index contributed by atoms with van der Waals surface area (Å²) < 4.78 is 82.2. The van der Waals surface area contributed by atoms with Gasteiger partial charge in [-0.05, 0) is 18.6 Å². The molecular formula is C19H14F6N2O. The zero-order chi connectivity index (χ0) is 20.3. The largest absolute Gasteiger partial charge is 0.433 e. The highest BCUT2D eigenvalue weighted by molar-refractivity contribution is 6.08. The molecule has 2 heterocycles. The molecule has 0 saturated carbocycles. The first-order valence-electron chi connectivity index (χ1n) is 8.48. The van der Waals surface area contributed by atoms with E-state index in [4.69, 9.17) is 0 Å². The first kappa shape index (κ1) is 18.8. The van der Waals surface area contributed by atoms with Crippen molar-refractivity contribution in [1.29, 1.82) is 0 Å². The van der Waals surface area contributed by atoms with Crippen LogP contribution in [0.2, 0.25) is 0 Å². The third kappa shape index (κ3) is 2.94. The number of fused-ring (bicyclic) bond motifs is 3. The van der Waals surface area contributed by atoms with Crippen LogP contribution in [0.5, 0.6) is 0 Å². The minimum atomic E-state index is -5.02. The lowest BCUT2D eigenvalue weighted by atomic mass is 10.1. The number of hydrogen-bond donors (Lipinski definition) is 1. The highest BCUT2D eigenvalue weighted by atomic mass is 19.4. The summed E-state index contributed by atoms with van der Waals surface area (Å²) in [5.74, 6) is -0.214. The van der Waals surface area contributed by atoms with Crippen molar-refractivity contribution >= 4 is 21.9 Å². The Kier molecular flexibility index (Phi) is 4.18. The van der Waals surface area contributed by atoms with Gasteiger partial charge in [-0.25, -0.2) is 4.98 Å². The second-order valence-electron chi connectivity index (χ2n) is 6.77. The second kappa shape index (κ2) is 6.23. The molecule has 0 amide bonds. The molecule has 148 valence electrons. The third-order valence-electron chi connectivity index (χ3n) is 4.97. The summed E-state index contributed by atoms with van der Waals surface area (Å²) >= 11 is 0. The Bertz CT molecular complexity index is 1080. The van der Waals surface area contributed by atoms with E-state index in [0.717, 1.165) is 0 Å². The summed E-state index contributed by atoms with van der Waals surface area (Å²) in [6.45, 7) is -0.154. The molecule has 1 aliphatic rings. The van der Waals surface area contributed by atoms with E-state index in [1.807, 2.05) is 0 Å². The van der Waals surface area contributed by atoms with Crippen LogP contribution in [0.4, 0.5) is 26.3 Å². The molecule has 28 heavy (non-hydrogen) atoms. The van der Waals surface area contributed by atoms with E-state index >= 15 is 0 Å². The van der Waals surface area contributed by atoms with E-state index in [1.165, 1.54) is 16.7 Å². The van der Waals surface area contributed by atoms with Gasteiger partial charge in [-0.3, -0.25) is 0 Å². The van der Waals surface area contributed by atoms with Crippen molar-refractivity contribution in [2.75, 3.05) is 6.61 Å². The lowest BCUT2D eigenvalue weighted by Crippen LogP contribution is -2.15. The van der Waals surface area contributed by atoms with Crippen LogP contribution < -0.4 is 0 Å². The predicted molar refractivity (Wildman–Crippen MR) is 90.6 cm³/mol. The smallest absolute Gasteiger partial charge is 0.396 e. The van der Waals surface area contributed by atoms with Crippen molar-refractivity contribution in [3.05, 3.63) is 53.7 Å². The summed E-state index contributed by atoms with van der Waals surface area (Å²) in [5, 5.41) is 9.17. The normalized spacial score (nSPS) is 20.5. The molecule has 2 aromatic heterocycles. The molecule has 3 nitrogen and oxygen atoms in total. The van der Waals surface area contributed by atoms with Crippen LogP contribution in [0, 0.1) is 5.92 Å². The highest BCUT2D eigenvalue weighted by Crippen LogP contribution is 2.44. The lowest BCUT2D eigenvalue weighted by molar-refractivity contribution is -0.144. The molecule has 0 aliphatic heterocycles. The Morgan fingerprint density at radius 1 is 1.04 bits per heavy atom. The Labute approximate surface area is 154 Å². The quantitative estimate of drug-likeness (QED) is 0.466. The van der Waals surface area contributed by atoms with E-state index in [1.54, 1.807) is 24.3 Å². The Morgan fingerprint density at radius 2 is 1.75 bits per heavy atom. The molecule has 0 radical (unpaired) electrons. The SMILES string of the molecule is OC[C@@H]1C=C[C@H](n2c3ccccc3c3c(C(F)(F)F)cc(C(F)(F)F)nc32)C1. The standard InChI is InChI=1S/C19H14F6N2O/c20-18(21,22)13-8-15(19(23,24)25)26-17-16(13)12-3-1-2-4-14(12)27(17)11-6-5-10(7-11)9-28/h1-6,8,10-11,28H,7,9H2/t10-,11+/m1/s1. The fraction of sp³-hybridized carbons (Fsp3) is 0.316. The van der Waals surface area contributed by atoms with Crippen molar-refractivity contribution in [3.8, 4) is 0 Å². The molecule has 1 N–H and O–H groups in total. The molecule has 0 saturated heterocycles. The van der Waals surface area contributed by atoms with Crippen molar-refractivity contribution < 1.29 is 31.4 Å². The number of alkyl halides is 6. The van der Waals surface area contributed by atoms with Gasteiger partial charge < -0.3 is 9.67 Å². The molecule has 0 spiro atoms. The maximum absolute atomic E-state index is 13.7. The van der Waals surface area contributed by atoms with Crippen LogP contribution in [0.3, 0.4) is 0 Å². The summed E-state index contributed by atoms with van der Waals surface area (Å²) in [7, 11) is 0. The second-order valence-corrected chi connectivity index (χ2v) is 6.77. The van der Waals surface area contributed by atoms with Crippen LogP contribution in [-0.4, -0.2) is 21.3 Å². The van der Waals surface area contributed by atoms with Gasteiger partial charge in [-0.15, -0.1) is 0 Å². The average molecular weight is 400 g/mol. The lowest BCUT2D eigenvalue weighted by Gasteiger charge is -2.17. The zero-order valence-corrected chi connectivity index (χ0v) is 14.2. The molecule has 3 aromatic rings. The first-order chi connectivity index (χ1) is 13.1. The number of allylic oxidation sites excluding steroid dienone is 1. The van der Waals surface area contributed by atoms with Crippen molar-refractivity contribution in [2.45, 2.75) is 24.8 Å². The number of para-hydroxylation sites is 1. The van der Waals surface area contributed by atoms with E-state index in [9.17, 15) is 31.4 Å². The number of aromatic nitrogens is 2. The molecule has 0 fully saturated rings. The van der Waals surface area contributed by atoms with Gasteiger partial charge in [0.05, 0.1) is 17.1 Å². The number of nitrogens with zero attached hydrogens (tertiary/aromatic N) is 2. The summed E-state index contributed by atoms with van der Waals surface area (Å²) in [5.41, 5.74) is -2.95. The minimum Gasteiger partial charge on any atom is -0.396 e. The number of pyridine rings is 1. The maximum atomic E-state index is 13.7. The number of aliphatic hydroxyl groups is 1. The van der Waals surface area contributed by atoms with Gasteiger partial charge in [-0.1, -0.05) is 30.4 Å². The van der Waals surface area contributed by atoms with Gasteiger partial charge >= 0.3 is 12.4 Å². The van der Waals surface area contributed by atoms with Crippen LogP contribution in [0.25, 0.3) is 21.9 Å². The molecule has 2 atom stereocenters. The first-order valence-corrected chi connectivity index (χ1v) is 8.48. The summed E-state index contributed by atoms with van der Waals surface area (Å²) in [6, 6.07) is 5.71. The molecule has 1 aromatic carbocycles. The van der Waals surface area contributed by atoms with E-state index in [2.05, 4.69) is 4.98 Å². The molecule has 0 bridgehead atoms. The van der Waals surface area contributed by atoms with Crippen LogP contribution >= 0.6 is 0 Å². The van der Waals surface area contributed by atoms with Gasteiger partial charge in [0.15, 0.2) is 0 Å². The Morgan fingerprint density at radius 3 is 2.36 bits per heavy atom. The Hall–Kier alpha value is -2.55. The van der Waals surface area contributed by atoms with Gasteiger partial charge in [-0.2, -0.15) is 26.3 Å². The summed E-state index contributed by atoms with van der Waals surface area (Å²) in [4.78, 5) is 3.59. The number of hydrogen-bond acceptors (Lipinski definition) is 2. The van der Waals surface area contributed by atoms with Crippen molar-refractivity contribution in [2.24, 2.45) is 5.92 Å². The monoisotopic (exact) mass is 400 g/mol. The third-order valence-corrected chi connectivity index (χ3v) is 4.97. The van der Waals surface area contributed by atoms with Gasteiger partial charge in [0.25, 0.3) is 0 Å². The van der Waals surface area contributed by atoms with Gasteiger partial charge in [0.2, 0.25) is 0 Å². The van der Waals surface area contributed by atoms with Crippen LogP contribution in [0.1, 0.15) is 23.7 Å². The van der Waals surface area contributed by atoms with Gasteiger partial charge in [0, 0.05) is 23.3 Å². The average Bonchev–Trinajstić information content (AvgIpc) is 3.21.